The first-order valence-corrected chi connectivity index (χ1v) is 10.1. The molecule has 1 atom stereocenters. The number of anilines is 1. The van der Waals surface area contributed by atoms with E-state index in [0.717, 1.165) is 12.3 Å². The van der Waals surface area contributed by atoms with E-state index >= 15 is 0 Å². The minimum absolute atomic E-state index is 0.0524. The van der Waals surface area contributed by atoms with Crippen LogP contribution in [0.4, 0.5) is 24.7 Å². The second-order valence-electron chi connectivity index (χ2n) is 7.40. The minimum Gasteiger partial charge on any atom is -0.387 e. The van der Waals surface area contributed by atoms with E-state index in [1.54, 1.807) is 4.90 Å². The number of amides is 1. The molecule has 2 N–H and O–H groups in total. The number of benzene rings is 1. The average molecular weight is 473 g/mol. The molecule has 1 amide bonds. The first-order chi connectivity index (χ1) is 15.1. The van der Waals surface area contributed by atoms with Gasteiger partial charge in [-0.3, -0.25) is 14.9 Å². The normalized spacial score (nSPS) is 16.0. The van der Waals surface area contributed by atoms with Gasteiger partial charge in [-0.05, 0) is 36.6 Å². The topological polar surface area (TPSA) is 109 Å². The number of halogens is 4. The quantitative estimate of drug-likeness (QED) is 0.490. The van der Waals surface area contributed by atoms with Crippen LogP contribution in [-0.4, -0.2) is 40.6 Å². The lowest BCUT2D eigenvalue weighted by molar-refractivity contribution is -0.384. The molecule has 3 rings (SSSR count). The Morgan fingerprint density at radius 1 is 1.31 bits per heavy atom. The Labute approximate surface area is 186 Å². The lowest BCUT2D eigenvalue weighted by Crippen LogP contribution is -2.42. The highest BCUT2D eigenvalue weighted by Crippen LogP contribution is 2.34. The van der Waals surface area contributed by atoms with Gasteiger partial charge in [0, 0.05) is 43.9 Å². The fourth-order valence-electron chi connectivity index (χ4n) is 3.45. The summed E-state index contributed by atoms with van der Waals surface area (Å²) in [5, 5.41) is 23.5. The predicted molar refractivity (Wildman–Crippen MR) is 110 cm³/mol. The largest absolute Gasteiger partial charge is 0.417 e. The van der Waals surface area contributed by atoms with Gasteiger partial charge < -0.3 is 15.3 Å². The molecule has 12 heteroatoms. The van der Waals surface area contributed by atoms with Crippen molar-refractivity contribution in [2.45, 2.75) is 25.1 Å². The molecule has 0 radical (unpaired) electrons. The van der Waals surface area contributed by atoms with Crippen molar-refractivity contribution in [3.05, 3.63) is 62.8 Å². The molecule has 1 aliphatic heterocycles. The van der Waals surface area contributed by atoms with E-state index in [0.29, 0.717) is 31.5 Å². The number of pyridine rings is 1. The standard InChI is InChI=1S/C20H20ClF3N4O4/c21-16-9-14(20(22,23)24)10-25-18(16)27-7-5-13(6-8-27)19(30)26-11-17(29)12-1-3-15(4-2-12)28(31)32/h1-4,9-10,13,17,29H,5-8,11H2,(H,26,30). The highest BCUT2D eigenvalue weighted by Gasteiger charge is 2.33. The summed E-state index contributed by atoms with van der Waals surface area (Å²) in [6.45, 7) is 0.727. The van der Waals surface area contributed by atoms with Crippen molar-refractivity contribution in [2.24, 2.45) is 5.92 Å². The van der Waals surface area contributed by atoms with Crippen molar-refractivity contribution in [1.82, 2.24) is 10.3 Å². The maximum Gasteiger partial charge on any atom is 0.417 e. The van der Waals surface area contributed by atoms with Crippen LogP contribution in [0.5, 0.6) is 0 Å². The summed E-state index contributed by atoms with van der Waals surface area (Å²) < 4.78 is 38.3. The van der Waals surface area contributed by atoms with Crippen molar-refractivity contribution >= 4 is 29.0 Å². The molecule has 32 heavy (non-hydrogen) atoms. The molecule has 1 fully saturated rings. The highest BCUT2D eigenvalue weighted by atomic mass is 35.5. The first-order valence-electron chi connectivity index (χ1n) is 9.74. The number of rotatable bonds is 6. The van der Waals surface area contributed by atoms with E-state index in [4.69, 9.17) is 11.6 Å². The zero-order valence-electron chi connectivity index (χ0n) is 16.7. The molecule has 1 aliphatic rings. The third-order valence-corrected chi connectivity index (χ3v) is 5.55. The number of piperidine rings is 1. The van der Waals surface area contributed by atoms with Crippen molar-refractivity contribution in [3.63, 3.8) is 0 Å². The van der Waals surface area contributed by atoms with Crippen LogP contribution in [0.2, 0.25) is 5.02 Å². The van der Waals surface area contributed by atoms with Crippen LogP contribution in [0, 0.1) is 16.0 Å². The Bertz CT molecular complexity index is 980. The van der Waals surface area contributed by atoms with Crippen LogP contribution in [0.15, 0.2) is 36.5 Å². The third kappa shape index (κ3) is 5.65. The number of nitrogens with zero attached hydrogens (tertiary/aromatic N) is 3. The smallest absolute Gasteiger partial charge is 0.387 e. The van der Waals surface area contributed by atoms with Gasteiger partial charge in [0.25, 0.3) is 5.69 Å². The lowest BCUT2D eigenvalue weighted by atomic mass is 9.95. The molecule has 1 aromatic carbocycles. The lowest BCUT2D eigenvalue weighted by Gasteiger charge is -2.32. The van der Waals surface area contributed by atoms with Gasteiger partial charge in [-0.1, -0.05) is 11.6 Å². The Morgan fingerprint density at radius 3 is 2.47 bits per heavy atom. The van der Waals surface area contributed by atoms with E-state index in [2.05, 4.69) is 10.3 Å². The molecule has 0 saturated carbocycles. The van der Waals surface area contributed by atoms with E-state index < -0.39 is 22.8 Å². The summed E-state index contributed by atoms with van der Waals surface area (Å²) in [7, 11) is 0. The molecule has 1 saturated heterocycles. The van der Waals surface area contributed by atoms with Gasteiger partial charge in [-0.2, -0.15) is 13.2 Å². The van der Waals surface area contributed by atoms with Gasteiger partial charge in [0.2, 0.25) is 5.91 Å². The second kappa shape index (κ2) is 9.70. The Hall–Kier alpha value is -2.92. The molecule has 0 spiro atoms. The van der Waals surface area contributed by atoms with Crippen LogP contribution >= 0.6 is 11.6 Å². The molecule has 0 aliphatic carbocycles. The van der Waals surface area contributed by atoms with Gasteiger partial charge in [0.1, 0.15) is 5.82 Å². The summed E-state index contributed by atoms with van der Waals surface area (Å²) in [5.41, 5.74) is -0.583. The highest BCUT2D eigenvalue weighted by molar-refractivity contribution is 6.33. The summed E-state index contributed by atoms with van der Waals surface area (Å²) >= 11 is 5.99. The molecular weight excluding hydrogens is 453 g/mol. The number of nitrogens with one attached hydrogen (secondary N) is 1. The number of hydrogen-bond acceptors (Lipinski definition) is 6. The molecule has 0 bridgehead atoms. The summed E-state index contributed by atoms with van der Waals surface area (Å²) in [4.78, 5) is 28.2. The van der Waals surface area contributed by atoms with Crippen molar-refractivity contribution < 1.29 is 28.0 Å². The maximum absolute atomic E-state index is 12.8. The summed E-state index contributed by atoms with van der Waals surface area (Å²) in [5.74, 6) is -0.340. The van der Waals surface area contributed by atoms with Gasteiger partial charge in [0.15, 0.2) is 0 Å². The van der Waals surface area contributed by atoms with E-state index in [1.165, 1.54) is 24.3 Å². The summed E-state index contributed by atoms with van der Waals surface area (Å²) in [6.07, 6.45) is -3.93. The number of aliphatic hydroxyl groups is 1. The molecule has 172 valence electrons. The molecular formula is C20H20ClF3N4O4. The van der Waals surface area contributed by atoms with Crippen LogP contribution in [0.25, 0.3) is 0 Å². The van der Waals surface area contributed by atoms with Crippen LogP contribution in [0.3, 0.4) is 0 Å². The van der Waals surface area contributed by atoms with E-state index in [9.17, 15) is 33.2 Å². The predicted octanol–water partition coefficient (Wildman–Crippen LogP) is 3.73. The first kappa shape index (κ1) is 23.7. The van der Waals surface area contributed by atoms with Crippen LogP contribution < -0.4 is 10.2 Å². The van der Waals surface area contributed by atoms with Crippen molar-refractivity contribution in [2.75, 3.05) is 24.5 Å². The van der Waals surface area contributed by atoms with Crippen molar-refractivity contribution in [3.8, 4) is 0 Å². The molecule has 2 heterocycles. The Kier molecular flexibility index (Phi) is 7.19. The molecule has 1 unspecified atom stereocenters. The second-order valence-corrected chi connectivity index (χ2v) is 7.81. The molecule has 2 aromatic rings. The van der Waals surface area contributed by atoms with Gasteiger partial charge >= 0.3 is 6.18 Å². The van der Waals surface area contributed by atoms with E-state index in [1.807, 2.05) is 0 Å². The number of non-ortho nitro benzene ring substituents is 1. The van der Waals surface area contributed by atoms with Crippen LogP contribution in [-0.2, 0) is 11.0 Å². The number of carbonyl (C=O) groups is 1. The fraction of sp³-hybridized carbons (Fsp3) is 0.400. The summed E-state index contributed by atoms with van der Waals surface area (Å²) in [6, 6.07) is 6.23. The Balaban J connectivity index is 1.50. The van der Waals surface area contributed by atoms with Gasteiger partial charge in [0.05, 0.1) is 21.6 Å². The van der Waals surface area contributed by atoms with Crippen LogP contribution in [0.1, 0.15) is 30.1 Å². The fourth-order valence-corrected chi connectivity index (χ4v) is 3.74. The Morgan fingerprint density at radius 2 is 1.94 bits per heavy atom. The maximum atomic E-state index is 12.8. The van der Waals surface area contributed by atoms with E-state index in [-0.39, 0.29) is 34.9 Å². The molecule has 8 nitrogen and oxygen atoms in total. The number of nitro groups is 1. The zero-order valence-corrected chi connectivity index (χ0v) is 17.4. The monoisotopic (exact) mass is 472 g/mol. The SMILES string of the molecule is O=C(NCC(O)c1ccc([N+](=O)[O-])cc1)C1CCN(c2ncc(C(F)(F)F)cc2Cl)CC1. The van der Waals surface area contributed by atoms with Gasteiger partial charge in [-0.25, -0.2) is 4.98 Å². The number of carbonyl (C=O) groups excluding carboxylic acids is 1. The number of alkyl halides is 3. The number of aliphatic hydroxyl groups excluding tert-OH is 1. The van der Waals surface area contributed by atoms with Crippen molar-refractivity contribution in [1.29, 1.82) is 0 Å². The number of hydrogen-bond donors (Lipinski definition) is 2. The minimum atomic E-state index is -4.53. The third-order valence-electron chi connectivity index (χ3n) is 5.27. The number of nitro benzene ring substituents is 1. The molecule has 1 aromatic heterocycles. The van der Waals surface area contributed by atoms with Gasteiger partial charge in [-0.15, -0.1) is 0 Å². The number of aromatic nitrogens is 1. The average Bonchev–Trinajstić information content (AvgIpc) is 2.76. The zero-order chi connectivity index (χ0) is 23.5.